The third-order valence-corrected chi connectivity index (χ3v) is 6.58. The van der Waals surface area contributed by atoms with Gasteiger partial charge in [-0.1, -0.05) is 48.5 Å². The monoisotopic (exact) mass is 441 g/mol. The lowest BCUT2D eigenvalue weighted by molar-refractivity contribution is -0.126. The van der Waals surface area contributed by atoms with Crippen LogP contribution in [0.5, 0.6) is 0 Å². The number of imide groups is 1. The van der Waals surface area contributed by atoms with E-state index in [0.29, 0.717) is 5.69 Å². The molecular weight excluding hydrogens is 414 g/mol. The van der Waals surface area contributed by atoms with Crippen molar-refractivity contribution in [1.82, 2.24) is 0 Å². The zero-order chi connectivity index (χ0) is 23.3. The lowest BCUT2D eigenvalue weighted by Crippen LogP contribution is -2.37. The molecule has 2 fully saturated rings. The van der Waals surface area contributed by atoms with Gasteiger partial charge in [0.1, 0.15) is 5.92 Å². The van der Waals surface area contributed by atoms with Gasteiger partial charge in [0.25, 0.3) is 5.91 Å². The molecule has 2 amide bonds. The van der Waals surface area contributed by atoms with Gasteiger partial charge in [-0.2, -0.15) is 0 Å². The summed E-state index contributed by atoms with van der Waals surface area (Å²) in [5.41, 5.74) is 5.37. The van der Waals surface area contributed by atoms with Crippen molar-refractivity contribution in [2.75, 3.05) is 29.0 Å². The Morgan fingerprint density at radius 2 is 1.33 bits per heavy atom. The maximum Gasteiger partial charge on any atom is 0.266 e. The first-order valence-corrected chi connectivity index (χ1v) is 11.1. The molecule has 3 atom stereocenters. The van der Waals surface area contributed by atoms with Crippen LogP contribution in [0.25, 0.3) is 0 Å². The number of anilines is 3. The number of rotatable bonds is 4. The molecule has 168 valence electrons. The third-order valence-electron chi connectivity index (χ3n) is 6.58. The van der Waals surface area contributed by atoms with Crippen LogP contribution in [-0.2, 0) is 14.4 Å². The molecule has 6 heteroatoms. The first kappa shape index (κ1) is 21.2. The normalized spacial score (nSPS) is 22.1. The Labute approximate surface area is 193 Å². The molecular formula is C27H27N3O3. The van der Waals surface area contributed by atoms with Gasteiger partial charge in [0.2, 0.25) is 5.91 Å². The predicted octanol–water partition coefficient (Wildman–Crippen LogP) is 4.42. The maximum absolute atomic E-state index is 13.8. The fourth-order valence-electron chi connectivity index (χ4n) is 4.79. The van der Waals surface area contributed by atoms with Crippen LogP contribution in [-0.4, -0.2) is 32.0 Å². The number of carbonyl (C=O) groups is 2. The summed E-state index contributed by atoms with van der Waals surface area (Å²) in [5.74, 6) is -1.18. The molecule has 33 heavy (non-hydrogen) atoms. The summed E-state index contributed by atoms with van der Waals surface area (Å²) < 4.78 is 0. The highest BCUT2D eigenvalue weighted by Gasteiger charge is 2.60. The second-order valence-corrected chi connectivity index (χ2v) is 8.89. The Bertz CT molecular complexity index is 1220. The van der Waals surface area contributed by atoms with E-state index in [1.54, 1.807) is 5.06 Å². The van der Waals surface area contributed by atoms with Crippen molar-refractivity contribution < 1.29 is 14.4 Å². The number of nitrogens with zero attached hydrogens (tertiary/aromatic N) is 3. The first-order valence-electron chi connectivity index (χ1n) is 11.1. The Morgan fingerprint density at radius 3 is 1.91 bits per heavy atom. The molecule has 6 nitrogen and oxygen atoms in total. The molecule has 2 saturated heterocycles. The van der Waals surface area contributed by atoms with Gasteiger partial charge in [-0.3, -0.25) is 14.4 Å². The zero-order valence-corrected chi connectivity index (χ0v) is 19.2. The Kier molecular flexibility index (Phi) is 5.17. The van der Waals surface area contributed by atoms with Crippen LogP contribution in [0, 0.1) is 19.8 Å². The highest BCUT2D eigenvalue weighted by Crippen LogP contribution is 2.48. The van der Waals surface area contributed by atoms with Gasteiger partial charge in [-0.05, 0) is 54.8 Å². The van der Waals surface area contributed by atoms with Crippen molar-refractivity contribution in [3.63, 3.8) is 0 Å². The van der Waals surface area contributed by atoms with E-state index in [2.05, 4.69) is 0 Å². The van der Waals surface area contributed by atoms with Crippen molar-refractivity contribution in [3.8, 4) is 0 Å². The van der Waals surface area contributed by atoms with Crippen LogP contribution in [0.15, 0.2) is 72.8 Å². The van der Waals surface area contributed by atoms with E-state index in [4.69, 9.17) is 4.84 Å². The lowest BCUT2D eigenvalue weighted by Gasteiger charge is -2.30. The zero-order valence-electron chi connectivity index (χ0n) is 19.2. The average Bonchev–Trinajstić information content (AvgIpc) is 3.31. The average molecular weight is 442 g/mol. The van der Waals surface area contributed by atoms with Gasteiger partial charge in [-0.15, -0.1) is 0 Å². The third kappa shape index (κ3) is 3.38. The molecule has 0 unspecified atom stereocenters. The predicted molar refractivity (Wildman–Crippen MR) is 129 cm³/mol. The van der Waals surface area contributed by atoms with Crippen LogP contribution < -0.4 is 14.9 Å². The van der Waals surface area contributed by atoms with Crippen LogP contribution >= 0.6 is 0 Å². The summed E-state index contributed by atoms with van der Waals surface area (Å²) in [7, 11) is 3.98. The number of hydrogen-bond donors (Lipinski definition) is 0. The number of aryl methyl sites for hydroxylation is 2. The standard InChI is InChI=1S/C27H27N3O3/c1-17-9-5-7-11-21(17)29-26(31)23-24(19-13-15-20(16-14-19)28(3)4)30(33-25(23)27(29)32)22-12-8-6-10-18(22)2/h5-16,23-25H,1-4H3/t23-,24+,25-/m1/s1. The highest BCUT2D eigenvalue weighted by molar-refractivity contribution is 6.24. The number of fused-ring (bicyclic) bond motifs is 1. The van der Waals surface area contributed by atoms with Crippen LogP contribution in [0.3, 0.4) is 0 Å². The van der Waals surface area contributed by atoms with Crippen LogP contribution in [0.2, 0.25) is 0 Å². The minimum Gasteiger partial charge on any atom is -0.378 e. The van der Waals surface area contributed by atoms with E-state index < -0.39 is 18.1 Å². The lowest BCUT2D eigenvalue weighted by atomic mass is 9.90. The minimum absolute atomic E-state index is 0.225. The molecule has 0 aromatic heterocycles. The summed E-state index contributed by atoms with van der Waals surface area (Å²) >= 11 is 0. The summed E-state index contributed by atoms with van der Waals surface area (Å²) in [4.78, 5) is 36.9. The van der Waals surface area contributed by atoms with Gasteiger partial charge >= 0.3 is 0 Å². The van der Waals surface area contributed by atoms with E-state index in [0.717, 1.165) is 28.1 Å². The fraction of sp³-hybridized carbons (Fsp3) is 0.259. The Balaban J connectivity index is 1.60. The summed E-state index contributed by atoms with van der Waals surface area (Å²) in [6.45, 7) is 3.91. The Hall–Kier alpha value is -3.64. The molecule has 3 aromatic rings. The molecule has 5 rings (SSSR count). The molecule has 0 saturated carbocycles. The first-order chi connectivity index (χ1) is 15.9. The van der Waals surface area contributed by atoms with Crippen LogP contribution in [0.1, 0.15) is 22.7 Å². The summed E-state index contributed by atoms with van der Waals surface area (Å²) in [5, 5.41) is 1.76. The largest absolute Gasteiger partial charge is 0.378 e. The quantitative estimate of drug-likeness (QED) is 0.561. The van der Waals surface area contributed by atoms with Gasteiger partial charge in [0.05, 0.1) is 17.4 Å². The maximum atomic E-state index is 13.8. The van der Waals surface area contributed by atoms with Gasteiger partial charge in [0.15, 0.2) is 6.10 Å². The Morgan fingerprint density at radius 1 is 0.758 bits per heavy atom. The van der Waals surface area contributed by atoms with Gasteiger partial charge in [0, 0.05) is 19.8 Å². The minimum atomic E-state index is -0.866. The number of hydrogen-bond acceptors (Lipinski definition) is 5. The molecule has 0 spiro atoms. The number of carbonyl (C=O) groups excluding carboxylic acids is 2. The molecule has 3 aromatic carbocycles. The number of benzene rings is 3. The highest BCUT2D eigenvalue weighted by atomic mass is 16.7. The van der Waals surface area contributed by atoms with Gasteiger partial charge < -0.3 is 4.90 Å². The van der Waals surface area contributed by atoms with Crippen molar-refractivity contribution in [1.29, 1.82) is 0 Å². The smallest absolute Gasteiger partial charge is 0.266 e. The SMILES string of the molecule is Cc1ccccc1N1C(=O)[C@H]2[C@@H](ON(c3ccccc3C)[C@H]2c2ccc(N(C)C)cc2)C1=O. The summed E-state index contributed by atoms with van der Waals surface area (Å²) in [6, 6.07) is 23.0. The summed E-state index contributed by atoms with van der Waals surface area (Å²) in [6.07, 6.45) is -0.866. The molecule has 2 heterocycles. The molecule has 0 aliphatic carbocycles. The molecule has 0 bridgehead atoms. The fourth-order valence-corrected chi connectivity index (χ4v) is 4.79. The number of amides is 2. The molecule has 2 aliphatic heterocycles. The molecule has 2 aliphatic rings. The molecule has 0 radical (unpaired) electrons. The van der Waals surface area contributed by atoms with Crippen molar-refractivity contribution >= 4 is 28.9 Å². The van der Waals surface area contributed by atoms with Crippen molar-refractivity contribution in [2.24, 2.45) is 5.92 Å². The van der Waals surface area contributed by atoms with Crippen molar-refractivity contribution in [2.45, 2.75) is 26.0 Å². The molecule has 0 N–H and O–H groups in total. The topological polar surface area (TPSA) is 53.1 Å². The number of para-hydroxylation sites is 2. The second kappa shape index (κ2) is 8.05. The van der Waals surface area contributed by atoms with E-state index >= 15 is 0 Å². The van der Waals surface area contributed by atoms with E-state index in [-0.39, 0.29) is 11.8 Å². The second-order valence-electron chi connectivity index (χ2n) is 8.89. The van der Waals surface area contributed by atoms with Crippen molar-refractivity contribution in [3.05, 3.63) is 89.5 Å². The van der Waals surface area contributed by atoms with E-state index in [1.807, 2.05) is 106 Å². The van der Waals surface area contributed by atoms with Gasteiger partial charge in [-0.25, -0.2) is 9.96 Å². The van der Waals surface area contributed by atoms with E-state index in [9.17, 15) is 9.59 Å². The number of hydroxylamine groups is 1. The van der Waals surface area contributed by atoms with E-state index in [1.165, 1.54) is 4.90 Å². The van der Waals surface area contributed by atoms with Crippen LogP contribution in [0.4, 0.5) is 17.1 Å².